The Labute approximate surface area is 230 Å². The maximum atomic E-state index is 12.8. The molecule has 0 aliphatic rings. The molecule has 0 saturated carbocycles. The topological polar surface area (TPSA) is 108 Å². The molecule has 0 saturated heterocycles. The lowest BCUT2D eigenvalue weighted by Crippen LogP contribution is -2.49. The summed E-state index contributed by atoms with van der Waals surface area (Å²) in [6.07, 6.45) is 0.787. The molecule has 2 atom stereocenters. The highest BCUT2D eigenvalue weighted by molar-refractivity contribution is 9.10. The molecule has 8 nitrogen and oxygen atoms in total. The Hall–Kier alpha value is -1.98. The van der Waals surface area contributed by atoms with E-state index in [-0.39, 0.29) is 18.7 Å². The maximum absolute atomic E-state index is 12.8. The van der Waals surface area contributed by atoms with Gasteiger partial charge in [-0.25, -0.2) is 12.7 Å². The molecule has 0 radical (unpaired) electrons. The molecule has 2 rings (SSSR count). The van der Waals surface area contributed by atoms with Crippen LogP contribution in [0.15, 0.2) is 53.0 Å². The van der Waals surface area contributed by atoms with Gasteiger partial charge < -0.3 is 20.5 Å². The second kappa shape index (κ2) is 16.1. The molecule has 0 aromatic heterocycles. The van der Waals surface area contributed by atoms with Crippen LogP contribution in [0.4, 0.5) is 0 Å². The van der Waals surface area contributed by atoms with Crippen molar-refractivity contribution in [3.05, 3.63) is 64.1 Å². The van der Waals surface area contributed by atoms with Crippen molar-refractivity contribution in [2.24, 2.45) is 0 Å². The molecule has 3 N–H and O–H groups in total. The fraction of sp³-hybridized carbons (Fsp3) is 0.519. The summed E-state index contributed by atoms with van der Waals surface area (Å²) in [5, 5.41) is 17.1. The predicted molar refractivity (Wildman–Crippen MR) is 151 cm³/mol. The van der Waals surface area contributed by atoms with Crippen molar-refractivity contribution in [1.29, 1.82) is 0 Å². The minimum absolute atomic E-state index is 0.162. The minimum Gasteiger partial charge on any atom is -0.497 e. The summed E-state index contributed by atoms with van der Waals surface area (Å²) in [5.41, 5.74) is 1.95. The molecule has 0 fully saturated rings. The van der Waals surface area contributed by atoms with Crippen LogP contribution in [0.25, 0.3) is 0 Å². The zero-order valence-electron chi connectivity index (χ0n) is 22.0. The third-order valence-corrected chi connectivity index (χ3v) is 8.26. The van der Waals surface area contributed by atoms with Crippen molar-refractivity contribution < 1.29 is 23.1 Å². The number of sulfonamides is 1. The van der Waals surface area contributed by atoms with Crippen molar-refractivity contribution in [2.75, 3.05) is 32.5 Å². The van der Waals surface area contributed by atoms with E-state index in [1.54, 1.807) is 7.11 Å². The van der Waals surface area contributed by atoms with Gasteiger partial charge in [0.2, 0.25) is 15.9 Å². The zero-order valence-corrected chi connectivity index (χ0v) is 24.4. The smallest absolute Gasteiger partial charge is 0.221 e. The number of methoxy groups -OCH3 is 1. The number of benzene rings is 2. The first-order valence-corrected chi connectivity index (χ1v) is 15.1. The standard InChI is InChI=1S/C27H40BrN3O5S/c1-4-13-31(14-5-2)37(34,35)15-12-27(33)30-25(18-21-8-6-10-23(28)16-21)26(32)20-29-19-22-9-7-11-24(17-22)36-3/h6-11,16-17,25-26,29,32H,4-5,12-15,18-20H2,1-3H3,(H,30,33)/t25-,26+/m0/s1. The van der Waals surface area contributed by atoms with Gasteiger partial charge in [-0.3, -0.25) is 4.79 Å². The van der Waals surface area contributed by atoms with Gasteiger partial charge in [0.15, 0.2) is 0 Å². The number of amides is 1. The van der Waals surface area contributed by atoms with E-state index in [4.69, 9.17) is 4.74 Å². The number of rotatable bonds is 17. The molecule has 0 aliphatic carbocycles. The predicted octanol–water partition coefficient (Wildman–Crippen LogP) is 3.48. The van der Waals surface area contributed by atoms with Crippen LogP contribution in [0.1, 0.15) is 44.2 Å². The van der Waals surface area contributed by atoms with E-state index >= 15 is 0 Å². The monoisotopic (exact) mass is 597 g/mol. The number of carbonyl (C=O) groups is 1. The molecular formula is C27H40BrN3O5S. The molecule has 0 bridgehead atoms. The molecule has 10 heteroatoms. The molecule has 2 aromatic carbocycles. The van der Waals surface area contributed by atoms with Crippen LogP contribution in [0.5, 0.6) is 5.75 Å². The molecule has 0 spiro atoms. The van der Waals surface area contributed by atoms with Crippen LogP contribution in [-0.4, -0.2) is 68.4 Å². The second-order valence-electron chi connectivity index (χ2n) is 9.02. The summed E-state index contributed by atoms with van der Waals surface area (Å²) in [4.78, 5) is 12.8. The summed E-state index contributed by atoms with van der Waals surface area (Å²) in [7, 11) is -1.92. The second-order valence-corrected chi connectivity index (χ2v) is 12.0. The van der Waals surface area contributed by atoms with Gasteiger partial charge in [-0.05, 0) is 54.7 Å². The van der Waals surface area contributed by atoms with Gasteiger partial charge >= 0.3 is 0 Å². The number of aliphatic hydroxyl groups excluding tert-OH is 1. The number of nitrogens with one attached hydrogen (secondary N) is 2. The first kappa shape index (κ1) is 31.2. The van der Waals surface area contributed by atoms with Gasteiger partial charge in [-0.1, -0.05) is 54.0 Å². The Morgan fingerprint density at radius 2 is 1.76 bits per heavy atom. The van der Waals surface area contributed by atoms with Crippen molar-refractivity contribution in [1.82, 2.24) is 14.9 Å². The Morgan fingerprint density at radius 1 is 1.08 bits per heavy atom. The third-order valence-electron chi connectivity index (χ3n) is 5.90. The number of ether oxygens (including phenoxy) is 1. The van der Waals surface area contributed by atoms with Crippen LogP contribution >= 0.6 is 15.9 Å². The fourth-order valence-electron chi connectivity index (χ4n) is 4.01. The first-order valence-electron chi connectivity index (χ1n) is 12.7. The number of hydrogen-bond acceptors (Lipinski definition) is 6. The molecule has 1 amide bonds. The van der Waals surface area contributed by atoms with E-state index in [1.165, 1.54) is 4.31 Å². The van der Waals surface area contributed by atoms with Crippen LogP contribution in [0, 0.1) is 0 Å². The van der Waals surface area contributed by atoms with E-state index < -0.39 is 28.1 Å². The lowest BCUT2D eigenvalue weighted by Gasteiger charge is -2.25. The van der Waals surface area contributed by atoms with Crippen molar-refractivity contribution in [3.63, 3.8) is 0 Å². The molecule has 37 heavy (non-hydrogen) atoms. The molecule has 0 heterocycles. The third kappa shape index (κ3) is 11.1. The van der Waals surface area contributed by atoms with Crippen LogP contribution in [0.3, 0.4) is 0 Å². The summed E-state index contributed by atoms with van der Waals surface area (Å²) >= 11 is 3.46. The SMILES string of the molecule is CCCN(CCC)S(=O)(=O)CCC(=O)N[C@@H](Cc1cccc(Br)c1)[C@H](O)CNCc1cccc(OC)c1. The Bertz CT molecular complexity index is 1080. The maximum Gasteiger partial charge on any atom is 0.221 e. The quantitative estimate of drug-likeness (QED) is 0.258. The van der Waals surface area contributed by atoms with E-state index in [9.17, 15) is 18.3 Å². The zero-order chi connectivity index (χ0) is 27.3. The normalized spacial score (nSPS) is 13.4. The minimum atomic E-state index is -3.53. The van der Waals surface area contributed by atoms with Crippen LogP contribution in [-0.2, 0) is 27.8 Å². The molecule has 0 unspecified atom stereocenters. The van der Waals surface area contributed by atoms with E-state index in [0.717, 1.165) is 34.2 Å². The van der Waals surface area contributed by atoms with E-state index in [0.29, 0.717) is 26.1 Å². The lowest BCUT2D eigenvalue weighted by atomic mass is 10.0. The number of hydrogen-bond donors (Lipinski definition) is 3. The highest BCUT2D eigenvalue weighted by atomic mass is 79.9. The Balaban J connectivity index is 2.03. The molecule has 206 valence electrons. The lowest BCUT2D eigenvalue weighted by molar-refractivity contribution is -0.122. The summed E-state index contributed by atoms with van der Waals surface area (Å²) in [5.74, 6) is 0.0986. The highest BCUT2D eigenvalue weighted by Crippen LogP contribution is 2.15. The van der Waals surface area contributed by atoms with Crippen molar-refractivity contribution in [3.8, 4) is 5.75 Å². The van der Waals surface area contributed by atoms with Gasteiger partial charge in [-0.2, -0.15) is 0 Å². The molecule has 2 aromatic rings. The Kier molecular flexibility index (Phi) is 13.6. The van der Waals surface area contributed by atoms with E-state index in [2.05, 4.69) is 26.6 Å². The number of aliphatic hydroxyl groups is 1. The van der Waals surface area contributed by atoms with E-state index in [1.807, 2.05) is 62.4 Å². The number of carbonyl (C=O) groups excluding carboxylic acids is 1. The van der Waals surface area contributed by atoms with Gasteiger partial charge in [-0.15, -0.1) is 0 Å². The van der Waals surface area contributed by atoms with Crippen molar-refractivity contribution >= 4 is 31.9 Å². The largest absolute Gasteiger partial charge is 0.497 e. The average Bonchev–Trinajstić information content (AvgIpc) is 2.87. The summed E-state index contributed by atoms with van der Waals surface area (Å²) in [6, 6.07) is 14.7. The number of nitrogens with zero attached hydrogens (tertiary/aromatic N) is 1. The molecular weight excluding hydrogens is 558 g/mol. The highest BCUT2D eigenvalue weighted by Gasteiger charge is 2.25. The van der Waals surface area contributed by atoms with Crippen LogP contribution < -0.4 is 15.4 Å². The average molecular weight is 599 g/mol. The van der Waals surface area contributed by atoms with Gasteiger partial charge in [0.05, 0.1) is 25.0 Å². The van der Waals surface area contributed by atoms with Crippen LogP contribution in [0.2, 0.25) is 0 Å². The molecule has 0 aliphatic heterocycles. The van der Waals surface area contributed by atoms with Gasteiger partial charge in [0, 0.05) is 37.1 Å². The van der Waals surface area contributed by atoms with Gasteiger partial charge in [0.1, 0.15) is 5.75 Å². The van der Waals surface area contributed by atoms with Crippen molar-refractivity contribution in [2.45, 2.75) is 58.2 Å². The fourth-order valence-corrected chi connectivity index (χ4v) is 6.08. The summed E-state index contributed by atoms with van der Waals surface area (Å²) < 4.78 is 33.1. The summed E-state index contributed by atoms with van der Waals surface area (Å²) in [6.45, 7) is 5.52. The Morgan fingerprint density at radius 3 is 2.41 bits per heavy atom. The first-order chi connectivity index (χ1) is 17.7. The van der Waals surface area contributed by atoms with Gasteiger partial charge in [0.25, 0.3) is 0 Å². The number of halogens is 1.